The van der Waals surface area contributed by atoms with Crippen LogP contribution in [0.5, 0.6) is 5.75 Å². The molecule has 0 bridgehead atoms. The Morgan fingerprint density at radius 3 is 2.55 bits per heavy atom. The lowest BCUT2D eigenvalue weighted by atomic mass is 9.91. The van der Waals surface area contributed by atoms with E-state index in [0.717, 1.165) is 72.1 Å². The van der Waals surface area contributed by atoms with Crippen LogP contribution in [0.4, 0.5) is 0 Å². The third kappa shape index (κ3) is 7.18. The molecule has 1 aliphatic heterocycles. The van der Waals surface area contributed by atoms with Gasteiger partial charge in [0.1, 0.15) is 24.1 Å². The summed E-state index contributed by atoms with van der Waals surface area (Å²) in [5.74, 6) is 1.48. The van der Waals surface area contributed by atoms with E-state index in [1.807, 2.05) is 45.3 Å². The molecule has 0 amide bonds. The average Bonchev–Trinajstić information content (AvgIpc) is 3.37. The van der Waals surface area contributed by atoms with Gasteiger partial charge in [0, 0.05) is 17.5 Å². The Morgan fingerprint density at radius 1 is 1.05 bits per heavy atom. The molecule has 0 saturated carbocycles. The van der Waals surface area contributed by atoms with Gasteiger partial charge < -0.3 is 14.6 Å². The van der Waals surface area contributed by atoms with Crippen LogP contribution in [0.1, 0.15) is 47.5 Å². The molecule has 7 heteroatoms. The Hall–Kier alpha value is -3.73. The Kier molecular flexibility index (Phi) is 9.85. The van der Waals surface area contributed by atoms with Gasteiger partial charge in [-0.2, -0.15) is 5.26 Å². The standard InChI is InChI=1S/C29H30N4O2.C2H7N/c1-21-28(34-20-25-9-5-8-24(18-30)31-25)13-11-26-27(32-35-29(21)26)12-10-22-14-16-33(17-15-22)19-23-6-3-2-4-7-23;1-3-2/h2-9,11,13,22H,10,12,14-17,19-20H2,1H3;3H,1-2H3. The van der Waals surface area contributed by atoms with Crippen molar-refractivity contribution in [1.82, 2.24) is 20.4 Å². The quantitative estimate of drug-likeness (QED) is 0.326. The molecule has 2 aromatic heterocycles. The van der Waals surface area contributed by atoms with Crippen LogP contribution in [-0.4, -0.2) is 42.2 Å². The molecule has 3 heterocycles. The molecule has 0 radical (unpaired) electrons. The van der Waals surface area contributed by atoms with Crippen LogP contribution >= 0.6 is 0 Å². The van der Waals surface area contributed by atoms with Crippen LogP contribution < -0.4 is 10.1 Å². The lowest BCUT2D eigenvalue weighted by molar-refractivity contribution is 0.172. The zero-order chi connectivity index (χ0) is 26.7. The maximum absolute atomic E-state index is 9.03. The zero-order valence-corrected chi connectivity index (χ0v) is 22.6. The number of hydrogen-bond acceptors (Lipinski definition) is 7. The smallest absolute Gasteiger partial charge is 0.173 e. The summed E-state index contributed by atoms with van der Waals surface area (Å²) in [5.41, 5.74) is 5.26. The number of pyridine rings is 1. The number of aromatic nitrogens is 2. The number of benzene rings is 2. The molecule has 198 valence electrons. The van der Waals surface area contributed by atoms with E-state index in [9.17, 15) is 0 Å². The minimum atomic E-state index is 0.297. The van der Waals surface area contributed by atoms with E-state index in [1.54, 1.807) is 6.07 Å². The highest BCUT2D eigenvalue weighted by molar-refractivity contribution is 5.84. The molecule has 7 nitrogen and oxygen atoms in total. The molecule has 0 aliphatic carbocycles. The summed E-state index contributed by atoms with van der Waals surface area (Å²) in [6.07, 6.45) is 4.54. The van der Waals surface area contributed by atoms with Crippen molar-refractivity contribution in [3.8, 4) is 11.8 Å². The number of fused-ring (bicyclic) bond motifs is 1. The fraction of sp³-hybridized carbons (Fsp3) is 0.387. The summed E-state index contributed by atoms with van der Waals surface area (Å²) in [6.45, 7) is 5.65. The van der Waals surface area contributed by atoms with Crippen LogP contribution in [0.3, 0.4) is 0 Å². The Balaban J connectivity index is 0.00000107. The van der Waals surface area contributed by atoms with E-state index in [2.05, 4.69) is 56.8 Å². The van der Waals surface area contributed by atoms with Crippen LogP contribution in [-0.2, 0) is 19.6 Å². The molecular weight excluding hydrogens is 474 g/mol. The lowest BCUT2D eigenvalue weighted by Crippen LogP contribution is -2.33. The largest absolute Gasteiger partial charge is 0.487 e. The third-order valence-corrected chi connectivity index (χ3v) is 6.96. The van der Waals surface area contributed by atoms with Crippen molar-refractivity contribution in [1.29, 1.82) is 5.26 Å². The molecule has 0 atom stereocenters. The number of ether oxygens (including phenoxy) is 1. The van der Waals surface area contributed by atoms with Gasteiger partial charge in [0.2, 0.25) is 0 Å². The van der Waals surface area contributed by atoms with Gasteiger partial charge >= 0.3 is 0 Å². The second-order valence-corrected chi connectivity index (χ2v) is 9.85. The second kappa shape index (κ2) is 13.7. The molecule has 2 aromatic carbocycles. The number of nitrogens with zero attached hydrogens (tertiary/aromatic N) is 4. The number of rotatable bonds is 8. The van der Waals surface area contributed by atoms with E-state index >= 15 is 0 Å². The van der Waals surface area contributed by atoms with E-state index in [1.165, 1.54) is 18.4 Å². The highest BCUT2D eigenvalue weighted by Crippen LogP contribution is 2.31. The first-order valence-electron chi connectivity index (χ1n) is 13.3. The minimum absolute atomic E-state index is 0.297. The fourth-order valence-electron chi connectivity index (χ4n) is 4.89. The molecule has 1 fully saturated rings. The van der Waals surface area contributed by atoms with Crippen molar-refractivity contribution in [2.75, 3.05) is 27.2 Å². The topological polar surface area (TPSA) is 87.2 Å². The van der Waals surface area contributed by atoms with Crippen LogP contribution in [0.25, 0.3) is 11.0 Å². The molecule has 38 heavy (non-hydrogen) atoms. The number of piperidine rings is 1. The predicted octanol–water partition coefficient (Wildman–Crippen LogP) is 5.66. The lowest BCUT2D eigenvalue weighted by Gasteiger charge is -2.31. The SMILES string of the molecule is CNC.Cc1c(OCc2cccc(C#N)n2)ccc2c(CCC3CCN(Cc4ccccc4)CC3)noc12. The zero-order valence-electron chi connectivity index (χ0n) is 22.6. The number of aryl methyl sites for hydroxylation is 2. The summed E-state index contributed by atoms with van der Waals surface area (Å²) < 4.78 is 11.7. The second-order valence-electron chi connectivity index (χ2n) is 9.85. The van der Waals surface area contributed by atoms with Gasteiger partial charge in [0.05, 0.1) is 11.4 Å². The maximum atomic E-state index is 9.03. The summed E-state index contributed by atoms with van der Waals surface area (Å²) in [4.78, 5) is 6.84. The molecule has 1 N–H and O–H groups in total. The van der Waals surface area contributed by atoms with Crippen molar-refractivity contribution in [3.05, 3.63) is 88.9 Å². The van der Waals surface area contributed by atoms with Crippen LogP contribution in [0.15, 0.2) is 65.2 Å². The number of nitriles is 1. The predicted molar refractivity (Wildman–Crippen MR) is 150 cm³/mol. The highest BCUT2D eigenvalue weighted by Gasteiger charge is 2.21. The summed E-state index contributed by atoms with van der Waals surface area (Å²) in [6, 6.07) is 22.2. The highest BCUT2D eigenvalue weighted by atomic mass is 16.5. The van der Waals surface area contributed by atoms with Gasteiger partial charge in [-0.3, -0.25) is 4.90 Å². The molecule has 1 saturated heterocycles. The van der Waals surface area contributed by atoms with Crippen molar-refractivity contribution in [2.45, 2.75) is 45.8 Å². The monoisotopic (exact) mass is 511 g/mol. The molecule has 4 aromatic rings. The summed E-state index contributed by atoms with van der Waals surface area (Å²) in [7, 11) is 3.75. The number of likely N-dealkylation sites (tertiary alicyclic amines) is 1. The molecule has 5 rings (SSSR count). The van der Waals surface area contributed by atoms with Crippen LogP contribution in [0, 0.1) is 24.2 Å². The van der Waals surface area contributed by atoms with Gasteiger partial charge in [-0.1, -0.05) is 41.6 Å². The van der Waals surface area contributed by atoms with E-state index in [-0.39, 0.29) is 0 Å². The molecule has 0 spiro atoms. The first kappa shape index (κ1) is 27.3. The van der Waals surface area contributed by atoms with Gasteiger partial charge in [0.25, 0.3) is 0 Å². The third-order valence-electron chi connectivity index (χ3n) is 6.96. The Morgan fingerprint density at radius 2 is 1.82 bits per heavy atom. The first-order valence-corrected chi connectivity index (χ1v) is 13.3. The van der Waals surface area contributed by atoms with Crippen molar-refractivity contribution in [2.24, 2.45) is 5.92 Å². The van der Waals surface area contributed by atoms with Crippen molar-refractivity contribution in [3.63, 3.8) is 0 Å². The number of hydrogen-bond donors (Lipinski definition) is 1. The van der Waals surface area contributed by atoms with E-state index < -0.39 is 0 Å². The molecular formula is C31H37N5O2. The van der Waals surface area contributed by atoms with Crippen molar-refractivity contribution >= 4 is 11.0 Å². The molecule has 0 unspecified atom stereocenters. The van der Waals surface area contributed by atoms with Gasteiger partial charge in [-0.25, -0.2) is 4.98 Å². The maximum Gasteiger partial charge on any atom is 0.173 e. The summed E-state index contributed by atoms with van der Waals surface area (Å²) >= 11 is 0. The minimum Gasteiger partial charge on any atom is -0.487 e. The van der Waals surface area contributed by atoms with Crippen LogP contribution in [0.2, 0.25) is 0 Å². The van der Waals surface area contributed by atoms with E-state index in [4.69, 9.17) is 14.5 Å². The summed E-state index contributed by atoms with van der Waals surface area (Å²) in [5, 5.41) is 17.3. The van der Waals surface area contributed by atoms with Gasteiger partial charge in [-0.05, 0) is 95.5 Å². The normalized spacial score (nSPS) is 14.1. The van der Waals surface area contributed by atoms with Crippen molar-refractivity contribution < 1.29 is 9.26 Å². The van der Waals surface area contributed by atoms with Gasteiger partial charge in [0.15, 0.2) is 5.58 Å². The molecule has 1 aliphatic rings. The number of nitrogens with one attached hydrogen (secondary N) is 1. The Bertz CT molecular complexity index is 1340. The fourth-order valence-corrected chi connectivity index (χ4v) is 4.89. The van der Waals surface area contributed by atoms with E-state index in [0.29, 0.717) is 12.3 Å². The average molecular weight is 512 g/mol. The Labute approximate surface area is 225 Å². The van der Waals surface area contributed by atoms with Gasteiger partial charge in [-0.15, -0.1) is 0 Å². The first-order chi connectivity index (χ1) is 18.6.